The molecule has 112 valence electrons. The maximum absolute atomic E-state index is 12.1. The van der Waals surface area contributed by atoms with E-state index in [1.807, 2.05) is 31.3 Å². The first-order valence-corrected chi connectivity index (χ1v) is 7.22. The Balaban J connectivity index is 1.67. The van der Waals surface area contributed by atoms with Crippen molar-refractivity contribution >= 4 is 11.6 Å². The van der Waals surface area contributed by atoms with Gasteiger partial charge in [-0.3, -0.25) is 14.5 Å². The molecule has 0 fully saturated rings. The summed E-state index contributed by atoms with van der Waals surface area (Å²) in [6, 6.07) is 5.45. The van der Waals surface area contributed by atoms with Crippen LogP contribution in [0.3, 0.4) is 0 Å². The van der Waals surface area contributed by atoms with Gasteiger partial charge in [-0.2, -0.15) is 5.10 Å². The van der Waals surface area contributed by atoms with E-state index in [-0.39, 0.29) is 11.9 Å². The standard InChI is InChI=1S/C15H21N5O/c1-2-14(20-11-5-10-19-20)15(21)18-9-4-8-17-13-6-3-7-16-12-13/h3,5-7,10-12,14,17H,2,4,8-9H2,1H3,(H,18,21). The Morgan fingerprint density at radius 2 is 2.24 bits per heavy atom. The molecule has 2 heterocycles. The molecule has 0 bridgehead atoms. The van der Waals surface area contributed by atoms with Crippen LogP contribution in [0.4, 0.5) is 5.69 Å². The Kier molecular flexibility index (Phi) is 5.75. The molecule has 2 aromatic heterocycles. The number of carbonyl (C=O) groups is 1. The average Bonchev–Trinajstić information content (AvgIpc) is 3.03. The van der Waals surface area contributed by atoms with E-state index in [9.17, 15) is 4.79 Å². The zero-order valence-electron chi connectivity index (χ0n) is 12.2. The van der Waals surface area contributed by atoms with Crippen molar-refractivity contribution in [3.8, 4) is 0 Å². The molecule has 21 heavy (non-hydrogen) atoms. The molecular formula is C15H21N5O. The summed E-state index contributed by atoms with van der Waals surface area (Å²) in [6.07, 6.45) is 8.61. The second kappa shape index (κ2) is 8.04. The number of amides is 1. The number of aromatic nitrogens is 3. The Morgan fingerprint density at radius 3 is 2.90 bits per heavy atom. The number of hydrogen-bond acceptors (Lipinski definition) is 4. The van der Waals surface area contributed by atoms with E-state index in [2.05, 4.69) is 20.7 Å². The minimum absolute atomic E-state index is 0.0163. The van der Waals surface area contributed by atoms with Gasteiger partial charge in [0.2, 0.25) is 5.91 Å². The number of pyridine rings is 1. The molecule has 0 aromatic carbocycles. The van der Waals surface area contributed by atoms with Crippen LogP contribution in [0.5, 0.6) is 0 Å². The molecule has 0 radical (unpaired) electrons. The van der Waals surface area contributed by atoms with E-state index in [4.69, 9.17) is 0 Å². The fourth-order valence-electron chi connectivity index (χ4n) is 2.08. The van der Waals surface area contributed by atoms with Crippen LogP contribution in [-0.4, -0.2) is 33.8 Å². The molecule has 0 saturated carbocycles. The second-order valence-corrected chi connectivity index (χ2v) is 4.72. The maximum atomic E-state index is 12.1. The van der Waals surface area contributed by atoms with Crippen molar-refractivity contribution in [1.82, 2.24) is 20.1 Å². The molecule has 0 aliphatic carbocycles. The first-order valence-electron chi connectivity index (χ1n) is 7.22. The van der Waals surface area contributed by atoms with Crippen molar-refractivity contribution in [2.24, 2.45) is 0 Å². The van der Waals surface area contributed by atoms with Crippen molar-refractivity contribution in [3.05, 3.63) is 43.0 Å². The van der Waals surface area contributed by atoms with Crippen LogP contribution >= 0.6 is 0 Å². The van der Waals surface area contributed by atoms with Crippen molar-refractivity contribution in [2.75, 3.05) is 18.4 Å². The monoisotopic (exact) mass is 287 g/mol. The van der Waals surface area contributed by atoms with Gasteiger partial charge in [0.15, 0.2) is 0 Å². The molecule has 1 atom stereocenters. The van der Waals surface area contributed by atoms with E-state index in [0.29, 0.717) is 6.54 Å². The molecule has 0 aliphatic heterocycles. The highest BCUT2D eigenvalue weighted by Crippen LogP contribution is 2.09. The summed E-state index contributed by atoms with van der Waals surface area (Å²) in [5.74, 6) is 0.0163. The Labute approximate surface area is 124 Å². The second-order valence-electron chi connectivity index (χ2n) is 4.72. The minimum atomic E-state index is -0.230. The molecular weight excluding hydrogens is 266 g/mol. The van der Waals surface area contributed by atoms with Crippen LogP contribution in [0, 0.1) is 0 Å². The lowest BCUT2D eigenvalue weighted by Gasteiger charge is -2.15. The quantitative estimate of drug-likeness (QED) is 0.727. The first kappa shape index (κ1) is 15.0. The normalized spacial score (nSPS) is 11.9. The van der Waals surface area contributed by atoms with Gasteiger partial charge in [0.05, 0.1) is 5.69 Å². The van der Waals surface area contributed by atoms with Gasteiger partial charge in [0.1, 0.15) is 6.04 Å². The van der Waals surface area contributed by atoms with Crippen LogP contribution in [0.2, 0.25) is 0 Å². The third-order valence-electron chi connectivity index (χ3n) is 3.18. The highest BCUT2D eigenvalue weighted by Gasteiger charge is 2.17. The topological polar surface area (TPSA) is 71.8 Å². The summed E-state index contributed by atoms with van der Waals surface area (Å²) >= 11 is 0. The maximum Gasteiger partial charge on any atom is 0.244 e. The first-order chi connectivity index (χ1) is 10.3. The van der Waals surface area contributed by atoms with Gasteiger partial charge < -0.3 is 10.6 Å². The predicted octanol–water partition coefficient (Wildman–Crippen LogP) is 1.85. The lowest BCUT2D eigenvalue weighted by molar-refractivity contribution is -0.124. The summed E-state index contributed by atoms with van der Waals surface area (Å²) in [6.45, 7) is 3.42. The summed E-state index contributed by atoms with van der Waals surface area (Å²) in [4.78, 5) is 16.1. The molecule has 1 amide bonds. The molecule has 1 unspecified atom stereocenters. The Hall–Kier alpha value is -2.37. The van der Waals surface area contributed by atoms with Gasteiger partial charge in [-0.05, 0) is 31.0 Å². The Morgan fingerprint density at radius 1 is 1.33 bits per heavy atom. The van der Waals surface area contributed by atoms with Gasteiger partial charge in [-0.25, -0.2) is 0 Å². The van der Waals surface area contributed by atoms with E-state index in [1.54, 1.807) is 23.3 Å². The molecule has 0 spiro atoms. The van der Waals surface area contributed by atoms with Gasteiger partial charge in [0.25, 0.3) is 0 Å². The van der Waals surface area contributed by atoms with Gasteiger partial charge in [-0.1, -0.05) is 6.92 Å². The van der Waals surface area contributed by atoms with Gasteiger partial charge in [0, 0.05) is 37.9 Å². The third kappa shape index (κ3) is 4.59. The van der Waals surface area contributed by atoms with E-state index >= 15 is 0 Å². The van der Waals surface area contributed by atoms with Crippen molar-refractivity contribution in [1.29, 1.82) is 0 Å². The van der Waals surface area contributed by atoms with Crippen LogP contribution in [0.25, 0.3) is 0 Å². The molecule has 6 nitrogen and oxygen atoms in total. The van der Waals surface area contributed by atoms with Crippen LogP contribution in [0.15, 0.2) is 43.0 Å². The number of rotatable bonds is 8. The van der Waals surface area contributed by atoms with Crippen molar-refractivity contribution < 1.29 is 4.79 Å². The fourth-order valence-corrected chi connectivity index (χ4v) is 2.08. The summed E-state index contributed by atoms with van der Waals surface area (Å²) in [7, 11) is 0. The molecule has 0 aliphatic rings. The van der Waals surface area contributed by atoms with E-state index in [1.165, 1.54) is 0 Å². The lowest BCUT2D eigenvalue weighted by Crippen LogP contribution is -2.33. The molecule has 2 aromatic rings. The van der Waals surface area contributed by atoms with E-state index in [0.717, 1.165) is 25.1 Å². The highest BCUT2D eigenvalue weighted by molar-refractivity contribution is 5.80. The summed E-state index contributed by atoms with van der Waals surface area (Å²) in [5, 5.41) is 10.3. The number of carbonyl (C=O) groups excluding carboxylic acids is 1. The summed E-state index contributed by atoms with van der Waals surface area (Å²) < 4.78 is 1.70. The molecule has 2 N–H and O–H groups in total. The smallest absolute Gasteiger partial charge is 0.244 e. The predicted molar refractivity (Wildman–Crippen MR) is 81.9 cm³/mol. The third-order valence-corrected chi connectivity index (χ3v) is 3.18. The minimum Gasteiger partial charge on any atom is -0.384 e. The van der Waals surface area contributed by atoms with Crippen LogP contribution < -0.4 is 10.6 Å². The largest absolute Gasteiger partial charge is 0.384 e. The van der Waals surface area contributed by atoms with Crippen molar-refractivity contribution in [3.63, 3.8) is 0 Å². The lowest BCUT2D eigenvalue weighted by atomic mass is 10.2. The molecule has 2 rings (SSSR count). The molecule has 6 heteroatoms. The van der Waals surface area contributed by atoms with Crippen molar-refractivity contribution in [2.45, 2.75) is 25.8 Å². The zero-order chi connectivity index (χ0) is 14.9. The fraction of sp³-hybridized carbons (Fsp3) is 0.400. The number of nitrogens with zero attached hydrogens (tertiary/aromatic N) is 3. The van der Waals surface area contributed by atoms with E-state index < -0.39 is 0 Å². The molecule has 0 saturated heterocycles. The average molecular weight is 287 g/mol. The SMILES string of the molecule is CCC(C(=O)NCCCNc1cccnc1)n1cccn1. The van der Waals surface area contributed by atoms with Crippen LogP contribution in [-0.2, 0) is 4.79 Å². The van der Waals surface area contributed by atoms with Gasteiger partial charge in [-0.15, -0.1) is 0 Å². The number of anilines is 1. The van der Waals surface area contributed by atoms with Crippen LogP contribution in [0.1, 0.15) is 25.8 Å². The van der Waals surface area contributed by atoms with Gasteiger partial charge >= 0.3 is 0 Å². The highest BCUT2D eigenvalue weighted by atomic mass is 16.2. The number of hydrogen-bond donors (Lipinski definition) is 2. The summed E-state index contributed by atoms with van der Waals surface area (Å²) in [5.41, 5.74) is 0.992. The number of nitrogens with one attached hydrogen (secondary N) is 2. The Bertz CT molecular complexity index is 526. The zero-order valence-corrected chi connectivity index (χ0v) is 12.2.